The van der Waals surface area contributed by atoms with Crippen molar-refractivity contribution in [3.8, 4) is 5.75 Å². The van der Waals surface area contributed by atoms with Gasteiger partial charge in [0.2, 0.25) is 0 Å². The van der Waals surface area contributed by atoms with Gasteiger partial charge in [0.25, 0.3) is 0 Å². The van der Waals surface area contributed by atoms with Crippen LogP contribution >= 0.6 is 15.9 Å². The van der Waals surface area contributed by atoms with Gasteiger partial charge in [-0.05, 0) is 32.0 Å². The van der Waals surface area contributed by atoms with E-state index in [1.54, 1.807) is 0 Å². The quantitative estimate of drug-likeness (QED) is 0.940. The Morgan fingerprint density at radius 1 is 1.44 bits per heavy atom. The Morgan fingerprint density at radius 3 is 2.83 bits per heavy atom. The average molecular weight is 311 g/mol. The molecule has 0 unspecified atom stereocenters. The monoisotopic (exact) mass is 310 g/mol. The highest BCUT2D eigenvalue weighted by atomic mass is 79.9. The van der Waals surface area contributed by atoms with Gasteiger partial charge >= 0.3 is 0 Å². The number of nitrogens with zero attached hydrogens (tertiary/aromatic N) is 1. The Labute approximate surface area is 114 Å². The molecule has 1 aromatic heterocycles. The lowest BCUT2D eigenvalue weighted by atomic mass is 10.1. The molecule has 0 saturated carbocycles. The second-order valence-corrected chi connectivity index (χ2v) is 5.11. The summed E-state index contributed by atoms with van der Waals surface area (Å²) in [7, 11) is 0. The molecule has 1 atom stereocenters. The minimum Gasteiger partial charge on any atom is -0.485 e. The van der Waals surface area contributed by atoms with Crippen LogP contribution in [0.25, 0.3) is 0 Å². The molecule has 0 fully saturated rings. The molecule has 0 saturated heterocycles. The number of ether oxygens (including phenoxy) is 1. The Balaban J connectivity index is 2.13. The summed E-state index contributed by atoms with van der Waals surface area (Å²) in [4.78, 5) is 0. The van der Waals surface area contributed by atoms with Gasteiger partial charge in [-0.2, -0.15) is 0 Å². The van der Waals surface area contributed by atoms with Gasteiger partial charge in [0.1, 0.15) is 12.4 Å². The molecule has 96 valence electrons. The van der Waals surface area contributed by atoms with E-state index in [0.717, 1.165) is 21.5 Å². The van der Waals surface area contributed by atoms with E-state index in [2.05, 4.69) is 21.1 Å². The highest BCUT2D eigenvalue weighted by molar-refractivity contribution is 9.10. The van der Waals surface area contributed by atoms with Crippen LogP contribution in [-0.4, -0.2) is 5.16 Å². The van der Waals surface area contributed by atoms with E-state index >= 15 is 0 Å². The molecule has 18 heavy (non-hydrogen) atoms. The molecule has 5 heteroatoms. The number of nitrogens with two attached hydrogens (primary N) is 1. The number of rotatable bonds is 4. The van der Waals surface area contributed by atoms with Gasteiger partial charge in [0.15, 0.2) is 5.76 Å². The number of aryl methyl sites for hydroxylation is 1. The predicted molar refractivity (Wildman–Crippen MR) is 72.3 cm³/mol. The summed E-state index contributed by atoms with van der Waals surface area (Å²) in [5.41, 5.74) is 7.72. The van der Waals surface area contributed by atoms with E-state index < -0.39 is 0 Å². The maximum atomic E-state index is 5.92. The van der Waals surface area contributed by atoms with Crippen LogP contribution in [0.3, 0.4) is 0 Å². The van der Waals surface area contributed by atoms with Gasteiger partial charge in [-0.15, -0.1) is 0 Å². The maximum absolute atomic E-state index is 5.92. The van der Waals surface area contributed by atoms with Crippen molar-refractivity contribution in [2.24, 2.45) is 5.73 Å². The fourth-order valence-corrected chi connectivity index (χ4v) is 2.02. The van der Waals surface area contributed by atoms with Crippen LogP contribution in [-0.2, 0) is 6.61 Å². The smallest absolute Gasteiger partial charge is 0.174 e. The highest BCUT2D eigenvalue weighted by Crippen LogP contribution is 2.28. The van der Waals surface area contributed by atoms with Crippen LogP contribution in [0, 0.1) is 6.92 Å². The summed E-state index contributed by atoms with van der Waals surface area (Å²) < 4.78 is 11.8. The maximum Gasteiger partial charge on any atom is 0.174 e. The Hall–Kier alpha value is -1.33. The van der Waals surface area contributed by atoms with E-state index in [0.29, 0.717) is 12.4 Å². The fraction of sp³-hybridized carbons (Fsp3) is 0.308. The number of hydrogen-bond acceptors (Lipinski definition) is 4. The molecule has 2 rings (SSSR count). The van der Waals surface area contributed by atoms with Gasteiger partial charge in [-0.1, -0.05) is 21.1 Å². The van der Waals surface area contributed by atoms with Crippen molar-refractivity contribution >= 4 is 15.9 Å². The second-order valence-electron chi connectivity index (χ2n) is 4.19. The molecule has 0 spiro atoms. The minimum atomic E-state index is -0.0889. The molecule has 0 aliphatic carbocycles. The van der Waals surface area contributed by atoms with Crippen LogP contribution in [0.1, 0.15) is 30.0 Å². The SMILES string of the molecule is Cc1cc(COc2ccc(Br)cc2[C@H](C)N)on1. The molecule has 0 radical (unpaired) electrons. The lowest BCUT2D eigenvalue weighted by Gasteiger charge is -2.13. The first kappa shape index (κ1) is 13.1. The summed E-state index contributed by atoms with van der Waals surface area (Å²) in [5, 5.41) is 3.81. The van der Waals surface area contributed by atoms with Crippen LogP contribution in [0.15, 0.2) is 33.3 Å². The number of aromatic nitrogens is 1. The van der Waals surface area contributed by atoms with Gasteiger partial charge in [-0.25, -0.2) is 0 Å². The van der Waals surface area contributed by atoms with Gasteiger partial charge in [-0.3, -0.25) is 0 Å². The van der Waals surface area contributed by atoms with E-state index in [4.69, 9.17) is 15.0 Å². The van der Waals surface area contributed by atoms with Gasteiger partial charge in [0.05, 0.1) is 5.69 Å². The molecule has 0 bridgehead atoms. The molecule has 0 aliphatic heterocycles. The summed E-state index contributed by atoms with van der Waals surface area (Å²) in [5.74, 6) is 1.47. The van der Waals surface area contributed by atoms with E-state index in [1.165, 1.54) is 0 Å². The standard InChI is InChI=1S/C13H15BrN2O2/c1-8-5-11(18-16-8)7-17-13-4-3-10(14)6-12(13)9(2)15/h3-6,9H,7,15H2,1-2H3/t9-/m0/s1. The predicted octanol–water partition coefficient (Wildman–Crippen LogP) is 3.34. The van der Waals surface area contributed by atoms with E-state index in [-0.39, 0.29) is 6.04 Å². The second kappa shape index (κ2) is 5.54. The lowest BCUT2D eigenvalue weighted by molar-refractivity contribution is 0.246. The third kappa shape index (κ3) is 3.11. The zero-order chi connectivity index (χ0) is 13.1. The lowest BCUT2D eigenvalue weighted by Crippen LogP contribution is -2.08. The third-order valence-electron chi connectivity index (χ3n) is 2.51. The van der Waals surface area contributed by atoms with Crippen molar-refractivity contribution in [3.63, 3.8) is 0 Å². The highest BCUT2D eigenvalue weighted by Gasteiger charge is 2.10. The molecular weight excluding hydrogens is 296 g/mol. The molecule has 2 aromatic rings. The molecule has 1 heterocycles. The summed E-state index contributed by atoms with van der Waals surface area (Å²) >= 11 is 3.42. The van der Waals surface area contributed by atoms with E-state index in [1.807, 2.05) is 38.1 Å². The fourth-order valence-electron chi connectivity index (χ4n) is 1.64. The van der Waals surface area contributed by atoms with Crippen LogP contribution in [0.4, 0.5) is 0 Å². The van der Waals surface area contributed by atoms with Crippen molar-refractivity contribution in [2.45, 2.75) is 26.5 Å². The first-order chi connectivity index (χ1) is 8.56. The van der Waals surface area contributed by atoms with Crippen molar-refractivity contribution in [1.29, 1.82) is 0 Å². The number of benzene rings is 1. The van der Waals surface area contributed by atoms with Crippen molar-refractivity contribution < 1.29 is 9.26 Å². The largest absolute Gasteiger partial charge is 0.485 e. The molecule has 1 aromatic carbocycles. The summed E-state index contributed by atoms with van der Waals surface area (Å²) in [6.45, 7) is 4.15. The zero-order valence-electron chi connectivity index (χ0n) is 10.3. The normalized spacial score (nSPS) is 12.4. The Morgan fingerprint density at radius 2 is 2.22 bits per heavy atom. The first-order valence-electron chi connectivity index (χ1n) is 5.66. The minimum absolute atomic E-state index is 0.0889. The Kier molecular flexibility index (Phi) is 4.04. The summed E-state index contributed by atoms with van der Waals surface area (Å²) in [6.07, 6.45) is 0. The number of hydrogen-bond donors (Lipinski definition) is 1. The van der Waals surface area contributed by atoms with Gasteiger partial charge < -0.3 is 15.0 Å². The van der Waals surface area contributed by atoms with Crippen molar-refractivity contribution in [1.82, 2.24) is 5.16 Å². The van der Waals surface area contributed by atoms with E-state index in [9.17, 15) is 0 Å². The van der Waals surface area contributed by atoms with Crippen LogP contribution in [0.2, 0.25) is 0 Å². The van der Waals surface area contributed by atoms with Crippen LogP contribution in [0.5, 0.6) is 5.75 Å². The third-order valence-corrected chi connectivity index (χ3v) is 3.00. The van der Waals surface area contributed by atoms with Crippen molar-refractivity contribution in [3.05, 3.63) is 45.8 Å². The molecule has 2 N–H and O–H groups in total. The molecule has 0 aliphatic rings. The van der Waals surface area contributed by atoms with Crippen molar-refractivity contribution in [2.75, 3.05) is 0 Å². The summed E-state index contributed by atoms with van der Waals surface area (Å²) in [6, 6.07) is 7.54. The number of halogens is 1. The van der Waals surface area contributed by atoms with Gasteiger partial charge in [0, 0.05) is 22.1 Å². The topological polar surface area (TPSA) is 61.3 Å². The zero-order valence-corrected chi connectivity index (χ0v) is 11.9. The average Bonchev–Trinajstić information content (AvgIpc) is 2.73. The Bertz CT molecular complexity index is 538. The molecular formula is C13H15BrN2O2. The first-order valence-corrected chi connectivity index (χ1v) is 6.45. The van der Waals surface area contributed by atoms with Crippen LogP contribution < -0.4 is 10.5 Å². The molecule has 4 nitrogen and oxygen atoms in total. The molecule has 0 amide bonds.